The summed E-state index contributed by atoms with van der Waals surface area (Å²) in [4.78, 5) is 11.3. The standard InChI is InChI=1S/C9H15NO2/c11-9(7-2-1-3-7)12-8-4-5-10-6-8/h7-8,10H,1-6H2/t8-/m1/s1. The molecule has 1 atom stereocenters. The van der Waals surface area contributed by atoms with Gasteiger partial charge in [-0.3, -0.25) is 4.79 Å². The van der Waals surface area contributed by atoms with Gasteiger partial charge in [-0.1, -0.05) is 6.42 Å². The summed E-state index contributed by atoms with van der Waals surface area (Å²) >= 11 is 0. The Balaban J connectivity index is 1.73. The molecule has 68 valence electrons. The minimum absolute atomic E-state index is 0.0370. The van der Waals surface area contributed by atoms with Crippen LogP contribution < -0.4 is 5.32 Å². The van der Waals surface area contributed by atoms with Crippen LogP contribution in [0.3, 0.4) is 0 Å². The van der Waals surface area contributed by atoms with E-state index in [1.165, 1.54) is 6.42 Å². The summed E-state index contributed by atoms with van der Waals surface area (Å²) in [6.07, 6.45) is 4.41. The molecule has 0 aromatic rings. The van der Waals surface area contributed by atoms with Gasteiger partial charge in [-0.15, -0.1) is 0 Å². The highest BCUT2D eigenvalue weighted by Crippen LogP contribution is 2.28. The number of hydrogen-bond acceptors (Lipinski definition) is 3. The minimum atomic E-state index is 0.0370. The summed E-state index contributed by atoms with van der Waals surface area (Å²) in [5, 5.41) is 3.18. The number of carbonyl (C=O) groups excluding carboxylic acids is 1. The lowest BCUT2D eigenvalue weighted by Crippen LogP contribution is -2.29. The Morgan fingerprint density at radius 2 is 2.17 bits per heavy atom. The van der Waals surface area contributed by atoms with E-state index in [1.807, 2.05) is 0 Å². The summed E-state index contributed by atoms with van der Waals surface area (Å²) < 4.78 is 5.31. The first-order valence-corrected chi connectivity index (χ1v) is 4.77. The first-order valence-electron chi connectivity index (χ1n) is 4.77. The predicted molar refractivity (Wildman–Crippen MR) is 44.7 cm³/mol. The van der Waals surface area contributed by atoms with Crippen LogP contribution in [0.1, 0.15) is 25.7 Å². The van der Waals surface area contributed by atoms with Crippen molar-refractivity contribution in [3.63, 3.8) is 0 Å². The van der Waals surface area contributed by atoms with Crippen molar-refractivity contribution in [1.82, 2.24) is 5.32 Å². The molecule has 3 nitrogen and oxygen atoms in total. The summed E-state index contributed by atoms with van der Waals surface area (Å²) in [5.74, 6) is 0.264. The Morgan fingerprint density at radius 3 is 2.67 bits per heavy atom. The Hall–Kier alpha value is -0.570. The molecule has 1 saturated carbocycles. The van der Waals surface area contributed by atoms with Crippen LogP contribution in [0.5, 0.6) is 0 Å². The molecule has 1 saturated heterocycles. The first kappa shape index (κ1) is 8.05. The third kappa shape index (κ3) is 1.61. The molecule has 0 spiro atoms. The van der Waals surface area contributed by atoms with Gasteiger partial charge in [0.1, 0.15) is 6.10 Å². The van der Waals surface area contributed by atoms with Crippen LogP contribution in [0.25, 0.3) is 0 Å². The molecule has 2 aliphatic rings. The number of esters is 1. The molecule has 1 aliphatic heterocycles. The molecule has 0 aromatic heterocycles. The molecule has 3 heteroatoms. The number of carbonyl (C=O) groups is 1. The van der Waals surface area contributed by atoms with Crippen molar-refractivity contribution < 1.29 is 9.53 Å². The van der Waals surface area contributed by atoms with Crippen LogP contribution in [0.4, 0.5) is 0 Å². The SMILES string of the molecule is O=C(O[C@@H]1CCNC1)C1CCC1. The van der Waals surface area contributed by atoms with Crippen molar-refractivity contribution >= 4 is 5.97 Å². The highest BCUT2D eigenvalue weighted by molar-refractivity contribution is 5.73. The third-order valence-corrected chi connectivity index (χ3v) is 2.74. The molecular weight excluding hydrogens is 154 g/mol. The van der Waals surface area contributed by atoms with E-state index in [0.29, 0.717) is 0 Å². The molecule has 2 rings (SSSR count). The molecule has 0 aromatic carbocycles. The number of rotatable bonds is 2. The number of ether oxygens (including phenoxy) is 1. The topological polar surface area (TPSA) is 38.3 Å². The molecule has 12 heavy (non-hydrogen) atoms. The first-order chi connectivity index (χ1) is 5.86. The van der Waals surface area contributed by atoms with Crippen LogP contribution in [0, 0.1) is 5.92 Å². The zero-order valence-electron chi connectivity index (χ0n) is 7.21. The van der Waals surface area contributed by atoms with Crippen molar-refractivity contribution in [3.8, 4) is 0 Å². The Kier molecular flexibility index (Phi) is 2.30. The van der Waals surface area contributed by atoms with Gasteiger partial charge in [-0.25, -0.2) is 0 Å². The average molecular weight is 169 g/mol. The van der Waals surface area contributed by atoms with Gasteiger partial charge in [0.05, 0.1) is 5.92 Å². The molecule has 0 unspecified atom stereocenters. The van der Waals surface area contributed by atoms with Gasteiger partial charge >= 0.3 is 5.97 Å². The van der Waals surface area contributed by atoms with Crippen molar-refractivity contribution in [2.24, 2.45) is 5.92 Å². The molecule has 1 N–H and O–H groups in total. The third-order valence-electron chi connectivity index (χ3n) is 2.74. The highest BCUT2D eigenvalue weighted by Gasteiger charge is 2.29. The van der Waals surface area contributed by atoms with E-state index >= 15 is 0 Å². The van der Waals surface area contributed by atoms with E-state index in [1.54, 1.807) is 0 Å². The monoisotopic (exact) mass is 169 g/mol. The molecule has 1 aliphatic carbocycles. The van der Waals surface area contributed by atoms with Crippen molar-refractivity contribution in [1.29, 1.82) is 0 Å². The van der Waals surface area contributed by atoms with Gasteiger partial charge in [0, 0.05) is 6.54 Å². The zero-order chi connectivity index (χ0) is 8.39. The average Bonchev–Trinajstić information content (AvgIpc) is 2.34. The van der Waals surface area contributed by atoms with E-state index in [0.717, 1.165) is 32.4 Å². The van der Waals surface area contributed by atoms with E-state index in [2.05, 4.69) is 5.32 Å². The van der Waals surface area contributed by atoms with Gasteiger partial charge in [0.25, 0.3) is 0 Å². The largest absolute Gasteiger partial charge is 0.461 e. The summed E-state index contributed by atoms with van der Waals surface area (Å²) in [6, 6.07) is 0. The van der Waals surface area contributed by atoms with Crippen LogP contribution in [-0.4, -0.2) is 25.2 Å². The molecule has 0 bridgehead atoms. The molecule has 0 radical (unpaired) electrons. The maximum atomic E-state index is 11.3. The van der Waals surface area contributed by atoms with Crippen LogP contribution in [-0.2, 0) is 9.53 Å². The van der Waals surface area contributed by atoms with Gasteiger partial charge in [-0.2, -0.15) is 0 Å². The molecule has 1 heterocycles. The quantitative estimate of drug-likeness (QED) is 0.618. The van der Waals surface area contributed by atoms with Gasteiger partial charge in [0.15, 0.2) is 0 Å². The van der Waals surface area contributed by atoms with E-state index in [9.17, 15) is 4.79 Å². The fourth-order valence-electron chi connectivity index (χ4n) is 1.63. The Labute approximate surface area is 72.5 Å². The Morgan fingerprint density at radius 1 is 1.33 bits per heavy atom. The lowest BCUT2D eigenvalue weighted by Gasteiger charge is -2.24. The lowest BCUT2D eigenvalue weighted by molar-refractivity contribution is -0.156. The van der Waals surface area contributed by atoms with Crippen molar-refractivity contribution in [2.75, 3.05) is 13.1 Å². The lowest BCUT2D eigenvalue weighted by atomic mass is 9.86. The van der Waals surface area contributed by atoms with E-state index in [4.69, 9.17) is 4.74 Å². The van der Waals surface area contributed by atoms with Gasteiger partial charge in [-0.05, 0) is 25.8 Å². The zero-order valence-corrected chi connectivity index (χ0v) is 7.21. The normalized spacial score (nSPS) is 29.8. The van der Waals surface area contributed by atoms with Crippen molar-refractivity contribution in [3.05, 3.63) is 0 Å². The number of hydrogen-bond donors (Lipinski definition) is 1. The fraction of sp³-hybridized carbons (Fsp3) is 0.889. The fourth-order valence-corrected chi connectivity index (χ4v) is 1.63. The summed E-state index contributed by atoms with van der Waals surface area (Å²) in [7, 11) is 0. The van der Waals surface area contributed by atoms with Gasteiger partial charge < -0.3 is 10.1 Å². The minimum Gasteiger partial charge on any atom is -0.461 e. The summed E-state index contributed by atoms with van der Waals surface area (Å²) in [5.41, 5.74) is 0. The summed E-state index contributed by atoms with van der Waals surface area (Å²) in [6.45, 7) is 1.83. The predicted octanol–water partition coefficient (Wildman–Crippen LogP) is 0.692. The second-order valence-electron chi connectivity index (χ2n) is 3.68. The maximum absolute atomic E-state index is 11.3. The number of nitrogens with one attached hydrogen (secondary N) is 1. The van der Waals surface area contributed by atoms with Crippen LogP contribution in [0.2, 0.25) is 0 Å². The van der Waals surface area contributed by atoms with E-state index in [-0.39, 0.29) is 18.0 Å². The van der Waals surface area contributed by atoms with Crippen LogP contribution >= 0.6 is 0 Å². The van der Waals surface area contributed by atoms with Crippen LogP contribution in [0.15, 0.2) is 0 Å². The van der Waals surface area contributed by atoms with Crippen molar-refractivity contribution in [2.45, 2.75) is 31.8 Å². The molecular formula is C9H15NO2. The second kappa shape index (κ2) is 3.44. The smallest absolute Gasteiger partial charge is 0.309 e. The molecule has 2 fully saturated rings. The van der Waals surface area contributed by atoms with E-state index < -0.39 is 0 Å². The second-order valence-corrected chi connectivity index (χ2v) is 3.68. The van der Waals surface area contributed by atoms with Gasteiger partial charge in [0.2, 0.25) is 0 Å². The highest BCUT2D eigenvalue weighted by atomic mass is 16.5. The molecule has 0 amide bonds. The Bertz CT molecular complexity index is 171. The maximum Gasteiger partial charge on any atom is 0.309 e.